The van der Waals surface area contributed by atoms with Gasteiger partial charge in [0.25, 0.3) is 5.91 Å². The molecular formula is C16H24N2O2. The quantitative estimate of drug-likeness (QED) is 0.860. The summed E-state index contributed by atoms with van der Waals surface area (Å²) in [7, 11) is 1.89. The summed E-state index contributed by atoms with van der Waals surface area (Å²) in [5, 5.41) is 0. The van der Waals surface area contributed by atoms with Crippen LogP contribution in [0.5, 0.6) is 5.75 Å². The Hall–Kier alpha value is -1.71. The van der Waals surface area contributed by atoms with Crippen molar-refractivity contribution in [2.75, 3.05) is 19.4 Å². The summed E-state index contributed by atoms with van der Waals surface area (Å²) in [6.45, 7) is 2.30. The molecule has 1 aliphatic carbocycles. The van der Waals surface area contributed by atoms with E-state index < -0.39 is 0 Å². The van der Waals surface area contributed by atoms with E-state index in [1.54, 1.807) is 12.1 Å². The Morgan fingerprint density at radius 2 is 2.15 bits per heavy atom. The van der Waals surface area contributed by atoms with Crippen molar-refractivity contribution >= 4 is 11.6 Å². The van der Waals surface area contributed by atoms with Crippen LogP contribution in [0.25, 0.3) is 0 Å². The molecule has 4 nitrogen and oxygen atoms in total. The minimum Gasteiger partial charge on any atom is -0.484 e. The van der Waals surface area contributed by atoms with Gasteiger partial charge in [0.05, 0.1) is 0 Å². The highest BCUT2D eigenvalue weighted by molar-refractivity contribution is 5.77. The van der Waals surface area contributed by atoms with E-state index in [1.165, 1.54) is 19.3 Å². The predicted octanol–water partition coefficient (Wildman–Crippen LogP) is 2.68. The average Bonchev–Trinajstić information content (AvgIpc) is 2.44. The van der Waals surface area contributed by atoms with Crippen LogP contribution in [-0.2, 0) is 4.79 Å². The van der Waals surface area contributed by atoms with Gasteiger partial charge in [0.1, 0.15) is 5.75 Å². The molecule has 0 saturated heterocycles. The minimum atomic E-state index is 0.0335. The van der Waals surface area contributed by atoms with Crippen LogP contribution in [0, 0.1) is 5.92 Å². The van der Waals surface area contributed by atoms with Crippen molar-refractivity contribution < 1.29 is 9.53 Å². The number of amides is 1. The maximum atomic E-state index is 12.2. The van der Waals surface area contributed by atoms with Gasteiger partial charge in [-0.05, 0) is 30.9 Å². The molecule has 0 spiro atoms. The van der Waals surface area contributed by atoms with Crippen LogP contribution in [0.15, 0.2) is 24.3 Å². The zero-order valence-electron chi connectivity index (χ0n) is 12.3. The monoisotopic (exact) mass is 276 g/mol. The lowest BCUT2D eigenvalue weighted by Crippen LogP contribution is -2.44. The number of likely N-dealkylation sites (N-methyl/N-ethyl adjacent to an activating group) is 1. The van der Waals surface area contributed by atoms with Gasteiger partial charge in [-0.25, -0.2) is 0 Å². The number of carbonyl (C=O) groups excluding carboxylic acids is 1. The van der Waals surface area contributed by atoms with Crippen molar-refractivity contribution in [3.8, 4) is 5.75 Å². The summed E-state index contributed by atoms with van der Waals surface area (Å²) in [5.41, 5.74) is 6.33. The van der Waals surface area contributed by atoms with E-state index in [-0.39, 0.29) is 12.5 Å². The second-order valence-corrected chi connectivity index (χ2v) is 5.69. The van der Waals surface area contributed by atoms with Crippen LogP contribution in [0.3, 0.4) is 0 Å². The van der Waals surface area contributed by atoms with E-state index in [4.69, 9.17) is 10.5 Å². The molecule has 0 bridgehead atoms. The highest BCUT2D eigenvalue weighted by Crippen LogP contribution is 2.27. The van der Waals surface area contributed by atoms with Gasteiger partial charge in [-0.3, -0.25) is 4.79 Å². The molecule has 110 valence electrons. The van der Waals surface area contributed by atoms with Crippen molar-refractivity contribution in [3.05, 3.63) is 24.3 Å². The lowest BCUT2D eigenvalue weighted by atomic mass is 9.85. The Labute approximate surface area is 120 Å². The van der Waals surface area contributed by atoms with E-state index in [0.29, 0.717) is 23.4 Å². The number of hydrogen-bond donors (Lipinski definition) is 1. The first kappa shape index (κ1) is 14.7. The Morgan fingerprint density at radius 1 is 1.40 bits per heavy atom. The first-order chi connectivity index (χ1) is 9.58. The Morgan fingerprint density at radius 3 is 2.85 bits per heavy atom. The molecule has 0 radical (unpaired) electrons. The number of carbonyl (C=O) groups is 1. The summed E-state index contributed by atoms with van der Waals surface area (Å²) in [4.78, 5) is 14.1. The summed E-state index contributed by atoms with van der Waals surface area (Å²) < 4.78 is 5.52. The summed E-state index contributed by atoms with van der Waals surface area (Å²) >= 11 is 0. The van der Waals surface area contributed by atoms with Crippen molar-refractivity contribution in [1.82, 2.24) is 4.90 Å². The lowest BCUT2D eigenvalue weighted by Gasteiger charge is -2.36. The normalized spacial score (nSPS) is 22.3. The third-order valence-electron chi connectivity index (χ3n) is 4.18. The standard InChI is InChI=1S/C16H24N2O2/c1-12-6-3-4-9-15(12)18(2)16(19)11-20-14-8-5-7-13(17)10-14/h5,7-8,10,12,15H,3-4,6,9,11,17H2,1-2H3. The van der Waals surface area contributed by atoms with Crippen molar-refractivity contribution in [2.45, 2.75) is 38.6 Å². The summed E-state index contributed by atoms with van der Waals surface area (Å²) in [6, 6.07) is 7.51. The molecule has 0 heterocycles. The molecule has 1 saturated carbocycles. The summed E-state index contributed by atoms with van der Waals surface area (Å²) in [5.74, 6) is 1.25. The third kappa shape index (κ3) is 3.65. The van der Waals surface area contributed by atoms with E-state index in [2.05, 4.69) is 6.92 Å². The molecule has 1 aliphatic rings. The number of nitrogens with zero attached hydrogens (tertiary/aromatic N) is 1. The van der Waals surface area contributed by atoms with Gasteiger partial charge in [0.15, 0.2) is 6.61 Å². The second-order valence-electron chi connectivity index (χ2n) is 5.69. The lowest BCUT2D eigenvalue weighted by molar-refractivity contribution is -0.135. The molecule has 0 aliphatic heterocycles. The van der Waals surface area contributed by atoms with Crippen LogP contribution < -0.4 is 10.5 Å². The van der Waals surface area contributed by atoms with Gasteiger partial charge in [-0.1, -0.05) is 25.8 Å². The number of ether oxygens (including phenoxy) is 1. The molecule has 4 heteroatoms. The van der Waals surface area contributed by atoms with Gasteiger partial charge in [-0.15, -0.1) is 0 Å². The molecule has 1 aromatic carbocycles. The first-order valence-corrected chi connectivity index (χ1v) is 7.32. The molecule has 0 aromatic heterocycles. The van der Waals surface area contributed by atoms with E-state index in [1.807, 2.05) is 24.1 Å². The smallest absolute Gasteiger partial charge is 0.260 e. The molecule has 20 heavy (non-hydrogen) atoms. The molecule has 1 fully saturated rings. The van der Waals surface area contributed by atoms with Crippen molar-refractivity contribution in [2.24, 2.45) is 5.92 Å². The number of anilines is 1. The number of benzene rings is 1. The van der Waals surface area contributed by atoms with Crippen molar-refractivity contribution in [3.63, 3.8) is 0 Å². The van der Waals surface area contributed by atoms with Gasteiger partial charge in [0.2, 0.25) is 0 Å². The van der Waals surface area contributed by atoms with Crippen LogP contribution in [0.2, 0.25) is 0 Å². The van der Waals surface area contributed by atoms with Crippen LogP contribution >= 0.6 is 0 Å². The molecular weight excluding hydrogens is 252 g/mol. The largest absolute Gasteiger partial charge is 0.484 e. The Kier molecular flexibility index (Phi) is 4.88. The molecule has 2 N–H and O–H groups in total. The van der Waals surface area contributed by atoms with Gasteiger partial charge in [-0.2, -0.15) is 0 Å². The number of nitrogen functional groups attached to an aromatic ring is 1. The SMILES string of the molecule is CC1CCCCC1N(C)C(=O)COc1cccc(N)c1. The Balaban J connectivity index is 1.87. The highest BCUT2D eigenvalue weighted by atomic mass is 16.5. The molecule has 2 unspecified atom stereocenters. The number of nitrogens with two attached hydrogens (primary N) is 1. The molecule has 1 amide bonds. The third-order valence-corrected chi connectivity index (χ3v) is 4.18. The number of hydrogen-bond acceptors (Lipinski definition) is 3. The van der Waals surface area contributed by atoms with Gasteiger partial charge < -0.3 is 15.4 Å². The average molecular weight is 276 g/mol. The molecule has 1 aromatic rings. The van der Waals surface area contributed by atoms with Gasteiger partial charge in [0, 0.05) is 24.8 Å². The maximum Gasteiger partial charge on any atom is 0.260 e. The molecule has 2 rings (SSSR count). The first-order valence-electron chi connectivity index (χ1n) is 7.32. The Bertz CT molecular complexity index is 462. The fourth-order valence-electron chi connectivity index (χ4n) is 2.91. The fourth-order valence-corrected chi connectivity index (χ4v) is 2.91. The number of rotatable bonds is 4. The van der Waals surface area contributed by atoms with Crippen LogP contribution in [0.4, 0.5) is 5.69 Å². The molecule has 2 atom stereocenters. The van der Waals surface area contributed by atoms with Crippen LogP contribution in [-0.4, -0.2) is 30.5 Å². The summed E-state index contributed by atoms with van der Waals surface area (Å²) in [6.07, 6.45) is 4.79. The predicted molar refractivity (Wildman–Crippen MR) is 80.5 cm³/mol. The van der Waals surface area contributed by atoms with Gasteiger partial charge >= 0.3 is 0 Å². The zero-order valence-corrected chi connectivity index (χ0v) is 12.3. The highest BCUT2D eigenvalue weighted by Gasteiger charge is 2.27. The fraction of sp³-hybridized carbons (Fsp3) is 0.562. The van der Waals surface area contributed by atoms with E-state index in [0.717, 1.165) is 6.42 Å². The maximum absolute atomic E-state index is 12.2. The zero-order chi connectivity index (χ0) is 14.5. The topological polar surface area (TPSA) is 55.6 Å². The van der Waals surface area contributed by atoms with E-state index >= 15 is 0 Å². The van der Waals surface area contributed by atoms with E-state index in [9.17, 15) is 4.79 Å². The van der Waals surface area contributed by atoms with Crippen molar-refractivity contribution in [1.29, 1.82) is 0 Å². The second kappa shape index (κ2) is 6.64. The van der Waals surface area contributed by atoms with Crippen LogP contribution in [0.1, 0.15) is 32.6 Å². The minimum absolute atomic E-state index is 0.0335.